The van der Waals surface area contributed by atoms with Gasteiger partial charge in [-0.3, -0.25) is 0 Å². The molecule has 1 heterocycles. The maximum Gasteiger partial charge on any atom is 0.175 e. The van der Waals surface area contributed by atoms with E-state index < -0.39 is 0 Å². The number of aryl methyl sites for hydroxylation is 2. The van der Waals surface area contributed by atoms with Crippen LogP contribution >= 0.6 is 12.2 Å². The van der Waals surface area contributed by atoms with Gasteiger partial charge >= 0.3 is 0 Å². The van der Waals surface area contributed by atoms with E-state index in [1.165, 1.54) is 27.4 Å². The molecule has 4 aromatic rings. The number of aromatic nitrogens is 1. The number of nitrogens with zero attached hydrogens (tertiary/aromatic N) is 1. The molecule has 4 rings (SSSR count). The van der Waals surface area contributed by atoms with E-state index in [1.807, 2.05) is 12.1 Å². The molecule has 0 saturated carbocycles. The summed E-state index contributed by atoms with van der Waals surface area (Å²) in [4.78, 5) is 0. The van der Waals surface area contributed by atoms with Crippen molar-refractivity contribution in [2.24, 2.45) is 0 Å². The fourth-order valence-electron chi connectivity index (χ4n) is 3.40. The molecule has 0 atom stereocenters. The molecule has 0 fully saturated rings. The van der Waals surface area contributed by atoms with Crippen LogP contribution in [-0.2, 0) is 6.54 Å². The average Bonchev–Trinajstić information content (AvgIpc) is 2.97. The van der Waals surface area contributed by atoms with Crippen molar-refractivity contribution in [3.05, 3.63) is 72.3 Å². The minimum atomic E-state index is 0.590. The lowest BCUT2D eigenvalue weighted by Gasteiger charge is -2.11. The van der Waals surface area contributed by atoms with Crippen molar-refractivity contribution in [3.63, 3.8) is 0 Å². The van der Waals surface area contributed by atoms with Gasteiger partial charge < -0.3 is 15.2 Å². The van der Waals surface area contributed by atoms with E-state index in [2.05, 4.69) is 83.6 Å². The molecule has 3 aromatic carbocycles. The molecule has 0 aliphatic heterocycles. The summed E-state index contributed by atoms with van der Waals surface area (Å²) in [5.74, 6) is 0. The number of hydrogen-bond acceptors (Lipinski definition) is 1. The Bertz CT molecular complexity index is 1090. The lowest BCUT2D eigenvalue weighted by atomic mass is 10.1. The zero-order chi connectivity index (χ0) is 18.1. The van der Waals surface area contributed by atoms with Gasteiger partial charge in [-0.2, -0.15) is 0 Å². The zero-order valence-electron chi connectivity index (χ0n) is 14.9. The molecule has 26 heavy (non-hydrogen) atoms. The highest BCUT2D eigenvalue weighted by Gasteiger charge is 2.10. The first-order valence-electron chi connectivity index (χ1n) is 8.81. The Kier molecular flexibility index (Phi) is 4.35. The monoisotopic (exact) mass is 359 g/mol. The van der Waals surface area contributed by atoms with E-state index in [0.29, 0.717) is 5.11 Å². The van der Waals surface area contributed by atoms with Gasteiger partial charge in [0.1, 0.15) is 0 Å². The number of thiocarbonyl (C=S) groups is 1. The molecule has 0 spiro atoms. The van der Waals surface area contributed by atoms with E-state index in [9.17, 15) is 0 Å². The van der Waals surface area contributed by atoms with E-state index in [4.69, 9.17) is 12.2 Å². The first-order valence-corrected chi connectivity index (χ1v) is 9.22. The topological polar surface area (TPSA) is 29.0 Å². The van der Waals surface area contributed by atoms with Crippen molar-refractivity contribution in [1.82, 2.24) is 4.57 Å². The van der Waals surface area contributed by atoms with Gasteiger partial charge in [-0.15, -0.1) is 0 Å². The SMILES string of the molecule is CCn1c2ccccc2c2cc(NC(=S)Nc3ccc(C)cc3)ccc21. The van der Waals surface area contributed by atoms with Gasteiger partial charge in [-0.25, -0.2) is 0 Å². The molecule has 2 N–H and O–H groups in total. The summed E-state index contributed by atoms with van der Waals surface area (Å²) in [6, 6.07) is 23.1. The molecule has 4 heteroatoms. The van der Waals surface area contributed by atoms with Gasteiger partial charge in [0, 0.05) is 39.7 Å². The van der Waals surface area contributed by atoms with Crippen LogP contribution in [0.2, 0.25) is 0 Å². The average molecular weight is 359 g/mol. The third kappa shape index (κ3) is 3.04. The summed E-state index contributed by atoms with van der Waals surface area (Å²) in [6.45, 7) is 5.20. The fourth-order valence-corrected chi connectivity index (χ4v) is 3.64. The van der Waals surface area contributed by atoms with Crippen LogP contribution in [0.4, 0.5) is 11.4 Å². The molecule has 130 valence electrons. The number of rotatable bonds is 3. The highest BCUT2D eigenvalue weighted by atomic mass is 32.1. The summed E-state index contributed by atoms with van der Waals surface area (Å²) >= 11 is 5.47. The van der Waals surface area contributed by atoms with Crippen molar-refractivity contribution < 1.29 is 0 Å². The number of para-hydroxylation sites is 1. The van der Waals surface area contributed by atoms with Crippen molar-refractivity contribution in [2.45, 2.75) is 20.4 Å². The van der Waals surface area contributed by atoms with E-state index in [0.717, 1.165) is 17.9 Å². The Morgan fingerprint density at radius 2 is 1.50 bits per heavy atom. The van der Waals surface area contributed by atoms with Crippen LogP contribution in [0.1, 0.15) is 12.5 Å². The van der Waals surface area contributed by atoms with Crippen LogP contribution in [0.25, 0.3) is 21.8 Å². The summed E-state index contributed by atoms with van der Waals surface area (Å²) in [5.41, 5.74) is 5.71. The number of nitrogens with one attached hydrogen (secondary N) is 2. The maximum atomic E-state index is 5.47. The maximum absolute atomic E-state index is 5.47. The third-order valence-corrected chi connectivity index (χ3v) is 4.86. The molecule has 0 aliphatic carbocycles. The Morgan fingerprint density at radius 1 is 0.846 bits per heavy atom. The van der Waals surface area contributed by atoms with Crippen molar-refractivity contribution in [1.29, 1.82) is 0 Å². The van der Waals surface area contributed by atoms with E-state index in [1.54, 1.807) is 0 Å². The highest BCUT2D eigenvalue weighted by Crippen LogP contribution is 2.31. The summed E-state index contributed by atoms with van der Waals surface area (Å²) in [7, 11) is 0. The standard InChI is InChI=1S/C22H21N3S/c1-3-25-20-7-5-4-6-18(20)19-14-17(12-13-21(19)25)24-22(26)23-16-10-8-15(2)9-11-16/h4-14H,3H2,1-2H3,(H2,23,24,26). The molecule has 3 nitrogen and oxygen atoms in total. The quantitative estimate of drug-likeness (QED) is 0.444. The molecule has 0 bridgehead atoms. The zero-order valence-corrected chi connectivity index (χ0v) is 15.7. The van der Waals surface area contributed by atoms with E-state index in [-0.39, 0.29) is 0 Å². The molecule has 0 amide bonds. The summed E-state index contributed by atoms with van der Waals surface area (Å²) in [6.07, 6.45) is 0. The second-order valence-electron chi connectivity index (χ2n) is 6.44. The molecule has 0 radical (unpaired) electrons. The number of hydrogen-bond donors (Lipinski definition) is 2. The van der Waals surface area contributed by atoms with Crippen LogP contribution in [-0.4, -0.2) is 9.68 Å². The lowest BCUT2D eigenvalue weighted by molar-refractivity contribution is 0.827. The van der Waals surface area contributed by atoms with Crippen LogP contribution < -0.4 is 10.6 Å². The second kappa shape index (κ2) is 6.81. The predicted octanol–water partition coefficient (Wildman–Crippen LogP) is 5.93. The lowest BCUT2D eigenvalue weighted by Crippen LogP contribution is -2.18. The third-order valence-electron chi connectivity index (χ3n) is 4.66. The summed E-state index contributed by atoms with van der Waals surface area (Å²) < 4.78 is 2.34. The van der Waals surface area contributed by atoms with Crippen LogP contribution in [0.3, 0.4) is 0 Å². The minimum Gasteiger partial charge on any atom is -0.341 e. The highest BCUT2D eigenvalue weighted by molar-refractivity contribution is 7.80. The van der Waals surface area contributed by atoms with E-state index >= 15 is 0 Å². The predicted molar refractivity (Wildman–Crippen MR) is 116 cm³/mol. The first kappa shape index (κ1) is 16.6. The van der Waals surface area contributed by atoms with Gasteiger partial charge in [-0.05, 0) is 62.5 Å². The van der Waals surface area contributed by atoms with Crippen LogP contribution in [0, 0.1) is 6.92 Å². The molecule has 1 aromatic heterocycles. The van der Waals surface area contributed by atoms with Gasteiger partial charge in [0.15, 0.2) is 5.11 Å². The molecule has 0 aliphatic rings. The van der Waals surface area contributed by atoms with Gasteiger partial charge in [0.05, 0.1) is 0 Å². The van der Waals surface area contributed by atoms with Crippen LogP contribution in [0.15, 0.2) is 66.7 Å². The summed E-state index contributed by atoms with van der Waals surface area (Å²) in [5, 5.41) is 9.63. The van der Waals surface area contributed by atoms with Gasteiger partial charge in [0.25, 0.3) is 0 Å². The Balaban J connectivity index is 1.64. The Morgan fingerprint density at radius 3 is 2.27 bits per heavy atom. The molecular formula is C22H21N3S. The molecule has 0 unspecified atom stereocenters. The number of anilines is 2. The normalized spacial score (nSPS) is 11.0. The number of benzene rings is 3. The van der Waals surface area contributed by atoms with Crippen molar-refractivity contribution >= 4 is 50.5 Å². The molecular weight excluding hydrogens is 338 g/mol. The van der Waals surface area contributed by atoms with Crippen molar-refractivity contribution in [3.8, 4) is 0 Å². The van der Waals surface area contributed by atoms with Crippen LogP contribution in [0.5, 0.6) is 0 Å². The Hall–Kier alpha value is -2.85. The van der Waals surface area contributed by atoms with Gasteiger partial charge in [0.2, 0.25) is 0 Å². The van der Waals surface area contributed by atoms with Crippen molar-refractivity contribution in [2.75, 3.05) is 10.6 Å². The fraction of sp³-hybridized carbons (Fsp3) is 0.136. The Labute approximate surface area is 158 Å². The van der Waals surface area contributed by atoms with Gasteiger partial charge in [-0.1, -0.05) is 35.9 Å². The smallest absolute Gasteiger partial charge is 0.175 e. The first-order chi connectivity index (χ1) is 12.7. The molecule has 0 saturated heterocycles. The second-order valence-corrected chi connectivity index (χ2v) is 6.85. The minimum absolute atomic E-state index is 0.590. The largest absolute Gasteiger partial charge is 0.341 e. The number of fused-ring (bicyclic) bond motifs is 3.